The van der Waals surface area contributed by atoms with Crippen LogP contribution in [0.15, 0.2) is 49.2 Å². The number of aromatic nitrogens is 3. The number of anilines is 1. The van der Waals surface area contributed by atoms with Gasteiger partial charge in [0.1, 0.15) is 10.7 Å². The Hall–Kier alpha value is -3.27. The maximum Gasteiger partial charge on any atom is 0.263 e. The van der Waals surface area contributed by atoms with E-state index in [0.717, 1.165) is 18.5 Å². The minimum Gasteiger partial charge on any atom is -0.351 e. The van der Waals surface area contributed by atoms with Crippen LogP contribution in [0.4, 0.5) is 9.52 Å². The predicted octanol–water partition coefficient (Wildman–Crippen LogP) is 3.17. The molecule has 0 fully saturated rings. The Morgan fingerprint density at radius 1 is 1.18 bits per heavy atom. The maximum atomic E-state index is 13.3. The van der Waals surface area contributed by atoms with Crippen molar-refractivity contribution in [1.82, 2.24) is 24.8 Å². The van der Waals surface area contributed by atoms with Crippen molar-refractivity contribution in [2.45, 2.75) is 33.4 Å². The summed E-state index contributed by atoms with van der Waals surface area (Å²) in [5.74, 6) is -0.533. The molecular formula is C23H29FN6O2S. The van der Waals surface area contributed by atoms with Gasteiger partial charge in [-0.05, 0) is 38.0 Å². The van der Waals surface area contributed by atoms with Crippen molar-refractivity contribution in [2.75, 3.05) is 31.1 Å². The molecule has 0 aliphatic carbocycles. The average Bonchev–Trinajstić information content (AvgIpc) is 3.51. The van der Waals surface area contributed by atoms with Crippen LogP contribution >= 0.6 is 11.3 Å². The normalized spacial score (nSPS) is 10.8. The fourth-order valence-electron chi connectivity index (χ4n) is 3.33. The Bertz CT molecular complexity index is 1020. The number of nitrogens with one attached hydrogen (secondary N) is 1. The molecule has 0 saturated carbocycles. The molecule has 176 valence electrons. The molecule has 0 atom stereocenters. The van der Waals surface area contributed by atoms with Gasteiger partial charge < -0.3 is 19.7 Å². The van der Waals surface area contributed by atoms with Crippen molar-refractivity contribution >= 4 is 28.3 Å². The van der Waals surface area contributed by atoms with Crippen molar-refractivity contribution in [3.63, 3.8) is 0 Å². The number of hydrogen-bond donors (Lipinski definition) is 1. The molecule has 0 bridgehead atoms. The standard InChI is InChI=1S/C23H29FN6O2S/c1-3-29(4-2)21(31)16-30(15-18-6-8-19(24)9-7-18)23-27-14-20(33-23)22(32)26-10-5-12-28-13-11-25-17-28/h6-9,11,13-14,17H,3-5,10,12,15-16H2,1-2H3,(H,26,32). The van der Waals surface area contributed by atoms with E-state index in [-0.39, 0.29) is 24.2 Å². The SMILES string of the molecule is CCN(CC)C(=O)CN(Cc1ccc(F)cc1)c1ncc(C(=O)NCCCn2ccnc2)s1. The summed E-state index contributed by atoms with van der Waals surface area (Å²) in [5, 5.41) is 3.48. The summed E-state index contributed by atoms with van der Waals surface area (Å²) in [5.41, 5.74) is 0.851. The molecule has 1 aromatic carbocycles. The van der Waals surface area contributed by atoms with Gasteiger partial charge in [0.25, 0.3) is 5.91 Å². The van der Waals surface area contributed by atoms with Crippen LogP contribution in [0.25, 0.3) is 0 Å². The number of rotatable bonds is 12. The van der Waals surface area contributed by atoms with Crippen LogP contribution in [0, 0.1) is 5.82 Å². The van der Waals surface area contributed by atoms with Crippen LogP contribution < -0.4 is 10.2 Å². The van der Waals surface area contributed by atoms with Gasteiger partial charge in [-0.2, -0.15) is 0 Å². The Morgan fingerprint density at radius 2 is 1.94 bits per heavy atom. The number of halogens is 1. The van der Waals surface area contributed by atoms with E-state index in [1.54, 1.807) is 29.6 Å². The van der Waals surface area contributed by atoms with Crippen molar-refractivity contribution in [2.24, 2.45) is 0 Å². The second-order valence-corrected chi connectivity index (χ2v) is 8.47. The number of carbonyl (C=O) groups excluding carboxylic acids is 2. The molecule has 2 heterocycles. The quantitative estimate of drug-likeness (QED) is 0.410. The zero-order valence-corrected chi connectivity index (χ0v) is 19.7. The number of hydrogen-bond acceptors (Lipinski definition) is 6. The van der Waals surface area contributed by atoms with Crippen LogP contribution in [-0.2, 0) is 17.9 Å². The number of nitrogens with zero attached hydrogens (tertiary/aromatic N) is 5. The highest BCUT2D eigenvalue weighted by Gasteiger charge is 2.20. The number of thiazole rings is 1. The molecule has 2 aromatic heterocycles. The Balaban J connectivity index is 1.65. The Kier molecular flexibility index (Phi) is 8.94. The minimum atomic E-state index is -0.314. The maximum absolute atomic E-state index is 13.3. The zero-order chi connectivity index (χ0) is 23.6. The highest BCUT2D eigenvalue weighted by atomic mass is 32.1. The van der Waals surface area contributed by atoms with Crippen molar-refractivity contribution in [1.29, 1.82) is 0 Å². The van der Waals surface area contributed by atoms with Gasteiger partial charge in [0.05, 0.1) is 19.1 Å². The molecule has 0 aliphatic heterocycles. The highest BCUT2D eigenvalue weighted by Crippen LogP contribution is 2.24. The number of carbonyl (C=O) groups is 2. The van der Waals surface area contributed by atoms with Gasteiger partial charge in [0.2, 0.25) is 5.91 Å². The van der Waals surface area contributed by atoms with Crippen LogP contribution in [-0.4, -0.2) is 57.4 Å². The van der Waals surface area contributed by atoms with Crippen LogP contribution in [0.2, 0.25) is 0 Å². The van der Waals surface area contributed by atoms with Gasteiger partial charge in [-0.1, -0.05) is 23.5 Å². The van der Waals surface area contributed by atoms with E-state index in [9.17, 15) is 14.0 Å². The first-order valence-corrected chi connectivity index (χ1v) is 11.8. The van der Waals surface area contributed by atoms with Crippen LogP contribution in [0.5, 0.6) is 0 Å². The summed E-state index contributed by atoms with van der Waals surface area (Å²) in [6.45, 7) is 6.91. The second kappa shape index (κ2) is 12.1. The first-order chi connectivity index (χ1) is 16.0. The van der Waals surface area contributed by atoms with Crippen LogP contribution in [0.1, 0.15) is 35.5 Å². The van der Waals surface area contributed by atoms with Gasteiger partial charge in [-0.25, -0.2) is 14.4 Å². The molecule has 3 rings (SSSR count). The topological polar surface area (TPSA) is 83.4 Å². The third kappa shape index (κ3) is 7.11. The molecule has 3 aromatic rings. The molecular weight excluding hydrogens is 443 g/mol. The minimum absolute atomic E-state index is 0.0252. The summed E-state index contributed by atoms with van der Waals surface area (Å²) in [6.07, 6.45) is 7.66. The van der Waals surface area contributed by atoms with Gasteiger partial charge >= 0.3 is 0 Å². The molecule has 2 amide bonds. The van der Waals surface area contributed by atoms with Crippen molar-refractivity contribution < 1.29 is 14.0 Å². The number of aryl methyl sites for hydroxylation is 1. The van der Waals surface area contributed by atoms with E-state index in [2.05, 4.69) is 15.3 Å². The summed E-state index contributed by atoms with van der Waals surface area (Å²) in [4.78, 5) is 37.8. The summed E-state index contributed by atoms with van der Waals surface area (Å²) < 4.78 is 15.3. The molecule has 0 spiro atoms. The summed E-state index contributed by atoms with van der Waals surface area (Å²) in [6, 6.07) is 6.16. The van der Waals surface area contributed by atoms with E-state index in [1.807, 2.05) is 29.5 Å². The molecule has 0 saturated heterocycles. The van der Waals surface area contributed by atoms with Gasteiger partial charge in [0, 0.05) is 45.1 Å². The largest absolute Gasteiger partial charge is 0.351 e. The number of amides is 2. The van der Waals surface area contributed by atoms with E-state index < -0.39 is 0 Å². The first-order valence-electron chi connectivity index (χ1n) is 11.0. The van der Waals surface area contributed by atoms with Crippen molar-refractivity contribution in [3.05, 3.63) is 65.4 Å². The lowest BCUT2D eigenvalue weighted by molar-refractivity contribution is -0.129. The number of benzene rings is 1. The smallest absolute Gasteiger partial charge is 0.263 e. The monoisotopic (exact) mass is 472 g/mol. The summed E-state index contributed by atoms with van der Waals surface area (Å²) >= 11 is 1.24. The van der Waals surface area contributed by atoms with E-state index in [4.69, 9.17) is 0 Å². The van der Waals surface area contributed by atoms with E-state index in [0.29, 0.717) is 36.2 Å². The van der Waals surface area contributed by atoms with Gasteiger partial charge in [0.15, 0.2) is 5.13 Å². The van der Waals surface area contributed by atoms with Gasteiger partial charge in [-0.3, -0.25) is 9.59 Å². The van der Waals surface area contributed by atoms with E-state index >= 15 is 0 Å². The second-order valence-electron chi connectivity index (χ2n) is 7.47. The molecule has 8 nitrogen and oxygen atoms in total. The molecule has 33 heavy (non-hydrogen) atoms. The molecule has 0 aliphatic rings. The fourth-order valence-corrected chi connectivity index (χ4v) is 4.16. The van der Waals surface area contributed by atoms with E-state index in [1.165, 1.54) is 29.7 Å². The average molecular weight is 473 g/mol. The predicted molar refractivity (Wildman–Crippen MR) is 127 cm³/mol. The first kappa shape index (κ1) is 24.4. The lowest BCUT2D eigenvalue weighted by atomic mass is 10.2. The summed E-state index contributed by atoms with van der Waals surface area (Å²) in [7, 11) is 0. The fraction of sp³-hybridized carbons (Fsp3) is 0.391. The lowest BCUT2D eigenvalue weighted by Gasteiger charge is -2.26. The third-order valence-corrected chi connectivity index (χ3v) is 6.21. The van der Waals surface area contributed by atoms with Crippen molar-refractivity contribution in [3.8, 4) is 0 Å². The third-order valence-electron chi connectivity index (χ3n) is 5.15. The molecule has 0 unspecified atom stereocenters. The highest BCUT2D eigenvalue weighted by molar-refractivity contribution is 7.17. The molecule has 0 radical (unpaired) electrons. The van der Waals surface area contributed by atoms with Crippen LogP contribution in [0.3, 0.4) is 0 Å². The lowest BCUT2D eigenvalue weighted by Crippen LogP contribution is -2.40. The molecule has 10 heteroatoms. The zero-order valence-electron chi connectivity index (χ0n) is 18.9. The Morgan fingerprint density at radius 3 is 2.61 bits per heavy atom. The van der Waals surface area contributed by atoms with Gasteiger partial charge in [-0.15, -0.1) is 0 Å². The number of imidazole rings is 1. The Labute approximate surface area is 197 Å². The molecule has 1 N–H and O–H groups in total. The number of likely N-dealkylation sites (N-methyl/N-ethyl adjacent to an activating group) is 1.